The topological polar surface area (TPSA) is 34.1 Å². The molecule has 15 heavy (non-hydrogen) atoms. The maximum Gasteiger partial charge on any atom is 0.176 e. The summed E-state index contributed by atoms with van der Waals surface area (Å²) in [5.74, 6) is 0. The molecule has 0 aliphatic carbocycles. The molecular weight excluding hydrogens is 344 g/mol. The van der Waals surface area contributed by atoms with Crippen LogP contribution in [0.15, 0.2) is 19.9 Å². The quantitative estimate of drug-likeness (QED) is 0.813. The van der Waals surface area contributed by atoms with Crippen molar-refractivity contribution in [3.8, 4) is 0 Å². The molecule has 2 nitrogen and oxygen atoms in total. The van der Waals surface area contributed by atoms with E-state index in [-0.39, 0.29) is 0 Å². The second-order valence-electron chi connectivity index (χ2n) is 3.42. The molecule has 5 heteroatoms. The minimum absolute atomic E-state index is 0.445. The third-order valence-electron chi connectivity index (χ3n) is 2.17. The summed E-state index contributed by atoms with van der Waals surface area (Å²) in [4.78, 5) is 0.445. The number of aryl methyl sites for hydroxylation is 1. The third kappa shape index (κ3) is 2.63. The highest BCUT2D eigenvalue weighted by molar-refractivity contribution is 9.13. The Morgan fingerprint density at radius 3 is 2.27 bits per heavy atom. The summed E-state index contributed by atoms with van der Waals surface area (Å²) in [6.07, 6.45) is 1.93. The Morgan fingerprint density at radius 1 is 1.33 bits per heavy atom. The molecule has 1 aromatic rings. The number of sulfone groups is 1. The van der Waals surface area contributed by atoms with E-state index in [2.05, 4.69) is 31.9 Å². The summed E-state index contributed by atoms with van der Waals surface area (Å²) in [6, 6.07) is 1.82. The van der Waals surface area contributed by atoms with Crippen molar-refractivity contribution in [1.82, 2.24) is 0 Å². The summed E-state index contributed by atoms with van der Waals surface area (Å²) in [5, 5.41) is 0. The predicted molar refractivity (Wildman–Crippen MR) is 69.1 cm³/mol. The normalized spacial score (nSPS) is 11.8. The van der Waals surface area contributed by atoms with E-state index in [0.717, 1.165) is 20.1 Å². The van der Waals surface area contributed by atoms with E-state index in [1.165, 1.54) is 6.26 Å². The van der Waals surface area contributed by atoms with Crippen molar-refractivity contribution in [2.24, 2.45) is 0 Å². The molecule has 0 unspecified atom stereocenters. The van der Waals surface area contributed by atoms with Gasteiger partial charge in [-0.1, -0.05) is 6.92 Å². The smallest absolute Gasteiger partial charge is 0.176 e. The molecule has 0 saturated carbocycles. The van der Waals surface area contributed by atoms with Crippen LogP contribution in [0.2, 0.25) is 0 Å². The fourth-order valence-electron chi connectivity index (χ4n) is 1.63. The van der Waals surface area contributed by atoms with E-state index in [1.807, 2.05) is 19.9 Å². The maximum atomic E-state index is 11.7. The molecule has 0 atom stereocenters. The van der Waals surface area contributed by atoms with E-state index in [1.54, 1.807) is 0 Å². The van der Waals surface area contributed by atoms with Crippen LogP contribution in [0.5, 0.6) is 0 Å². The summed E-state index contributed by atoms with van der Waals surface area (Å²) in [6.45, 7) is 3.76. The maximum absolute atomic E-state index is 11.7. The molecule has 0 spiro atoms. The van der Waals surface area contributed by atoms with Gasteiger partial charge in [-0.25, -0.2) is 8.42 Å². The van der Waals surface area contributed by atoms with Crippen LogP contribution < -0.4 is 0 Å². The zero-order valence-electron chi connectivity index (χ0n) is 8.77. The average Bonchev–Trinajstić information content (AvgIpc) is 2.08. The number of benzene rings is 1. The minimum atomic E-state index is -3.17. The average molecular weight is 356 g/mol. The van der Waals surface area contributed by atoms with Crippen molar-refractivity contribution < 1.29 is 8.42 Å². The van der Waals surface area contributed by atoms with Gasteiger partial charge >= 0.3 is 0 Å². The summed E-state index contributed by atoms with van der Waals surface area (Å²) < 4.78 is 25.0. The summed E-state index contributed by atoms with van der Waals surface area (Å²) >= 11 is 6.80. The van der Waals surface area contributed by atoms with E-state index in [0.29, 0.717) is 11.3 Å². The minimum Gasteiger partial charge on any atom is -0.224 e. The predicted octanol–water partition coefficient (Wildman–Crippen LogP) is 3.49. The van der Waals surface area contributed by atoms with Crippen LogP contribution in [0.1, 0.15) is 18.1 Å². The lowest BCUT2D eigenvalue weighted by molar-refractivity contribution is 0.600. The van der Waals surface area contributed by atoms with Gasteiger partial charge in [-0.2, -0.15) is 0 Å². The molecule has 84 valence electrons. The first-order valence-corrected chi connectivity index (χ1v) is 7.94. The van der Waals surface area contributed by atoms with Crippen LogP contribution in [-0.4, -0.2) is 14.7 Å². The Bertz CT molecular complexity index is 493. The highest BCUT2D eigenvalue weighted by Crippen LogP contribution is 2.34. The van der Waals surface area contributed by atoms with Crippen molar-refractivity contribution in [3.63, 3.8) is 0 Å². The zero-order valence-corrected chi connectivity index (χ0v) is 12.8. The number of hydrogen-bond acceptors (Lipinski definition) is 2. The van der Waals surface area contributed by atoms with Gasteiger partial charge in [0.25, 0.3) is 0 Å². The first-order valence-electron chi connectivity index (χ1n) is 4.46. The van der Waals surface area contributed by atoms with E-state index in [9.17, 15) is 8.42 Å². The monoisotopic (exact) mass is 354 g/mol. The van der Waals surface area contributed by atoms with Crippen LogP contribution in [0.3, 0.4) is 0 Å². The zero-order chi connectivity index (χ0) is 11.8. The van der Waals surface area contributed by atoms with Gasteiger partial charge in [-0.05, 0) is 62.4 Å². The van der Waals surface area contributed by atoms with Crippen molar-refractivity contribution in [3.05, 3.63) is 26.1 Å². The highest BCUT2D eigenvalue weighted by Gasteiger charge is 2.19. The molecule has 0 amide bonds. The number of rotatable bonds is 2. The van der Waals surface area contributed by atoms with E-state index in [4.69, 9.17) is 0 Å². The number of halogens is 2. The lowest BCUT2D eigenvalue weighted by atomic mass is 10.1. The lowest BCUT2D eigenvalue weighted by Gasteiger charge is -2.13. The van der Waals surface area contributed by atoms with Gasteiger partial charge in [-0.15, -0.1) is 0 Å². The Kier molecular flexibility index (Phi) is 4.01. The van der Waals surface area contributed by atoms with Crippen LogP contribution in [0, 0.1) is 6.92 Å². The molecule has 0 bridgehead atoms. The van der Waals surface area contributed by atoms with E-state index >= 15 is 0 Å². The first-order chi connectivity index (χ1) is 6.79. The lowest BCUT2D eigenvalue weighted by Crippen LogP contribution is -2.06. The van der Waals surface area contributed by atoms with Crippen LogP contribution in [0.4, 0.5) is 0 Å². The van der Waals surface area contributed by atoms with Crippen LogP contribution >= 0.6 is 31.9 Å². The van der Waals surface area contributed by atoms with Crippen LogP contribution in [-0.2, 0) is 16.3 Å². The fraction of sp³-hybridized carbons (Fsp3) is 0.400. The van der Waals surface area contributed by atoms with Gasteiger partial charge in [0, 0.05) is 15.2 Å². The Labute approximate surface area is 107 Å². The molecule has 0 aliphatic rings. The van der Waals surface area contributed by atoms with Gasteiger partial charge < -0.3 is 0 Å². The number of hydrogen-bond donors (Lipinski definition) is 0. The molecule has 0 radical (unpaired) electrons. The first kappa shape index (κ1) is 13.2. The SMILES string of the molecule is CCc1c(Br)c(Br)cc(C)c1S(C)(=O)=O. The van der Waals surface area contributed by atoms with Crippen molar-refractivity contribution in [2.45, 2.75) is 25.2 Å². The molecule has 1 aromatic carbocycles. The van der Waals surface area contributed by atoms with Gasteiger partial charge in [0.05, 0.1) is 4.90 Å². The summed E-state index contributed by atoms with van der Waals surface area (Å²) in [7, 11) is -3.17. The van der Waals surface area contributed by atoms with Crippen LogP contribution in [0.25, 0.3) is 0 Å². The molecule has 0 fully saturated rings. The molecule has 0 heterocycles. The van der Waals surface area contributed by atoms with Gasteiger partial charge in [0.1, 0.15) is 0 Å². The van der Waals surface area contributed by atoms with E-state index < -0.39 is 9.84 Å². The fourth-order valence-corrected chi connectivity index (χ4v) is 4.28. The third-order valence-corrected chi connectivity index (χ3v) is 5.55. The Balaban J connectivity index is 3.72. The molecule has 0 aliphatic heterocycles. The van der Waals surface area contributed by atoms with Crippen molar-refractivity contribution in [2.75, 3.05) is 6.26 Å². The molecule has 0 saturated heterocycles. The van der Waals surface area contributed by atoms with Crippen molar-refractivity contribution in [1.29, 1.82) is 0 Å². The Morgan fingerprint density at radius 2 is 1.87 bits per heavy atom. The largest absolute Gasteiger partial charge is 0.224 e. The standard InChI is InChI=1S/C10H12Br2O2S/c1-4-7-9(12)8(11)5-6(2)10(7)15(3,13)14/h5H,4H2,1-3H3. The Hall–Kier alpha value is 0.130. The van der Waals surface area contributed by atoms with Gasteiger partial charge in [0.2, 0.25) is 0 Å². The van der Waals surface area contributed by atoms with Gasteiger partial charge in [0.15, 0.2) is 9.84 Å². The van der Waals surface area contributed by atoms with Crippen molar-refractivity contribution >= 4 is 41.7 Å². The highest BCUT2D eigenvalue weighted by atomic mass is 79.9. The molecular formula is C10H12Br2O2S. The summed E-state index contributed by atoms with van der Waals surface area (Å²) in [5.41, 5.74) is 1.62. The molecule has 0 N–H and O–H groups in total. The molecule has 1 rings (SSSR count). The second-order valence-corrected chi connectivity index (χ2v) is 7.02. The second kappa shape index (κ2) is 4.55. The molecule has 0 aromatic heterocycles. The van der Waals surface area contributed by atoms with Gasteiger partial charge in [-0.3, -0.25) is 0 Å².